The third kappa shape index (κ3) is 5.24. The average Bonchev–Trinajstić information content (AvgIpc) is 3.03. The molecule has 0 bridgehead atoms. The van der Waals surface area contributed by atoms with Crippen molar-refractivity contribution in [1.29, 1.82) is 0 Å². The van der Waals surface area contributed by atoms with E-state index in [4.69, 9.17) is 14.2 Å². The molecule has 44 heavy (non-hydrogen) atoms. The molecule has 0 fully saturated rings. The van der Waals surface area contributed by atoms with Gasteiger partial charge in [-0.3, -0.25) is 19.1 Å². The van der Waals surface area contributed by atoms with Crippen molar-refractivity contribution in [3.05, 3.63) is 106 Å². The molecule has 10 nitrogen and oxygen atoms in total. The first-order chi connectivity index (χ1) is 21.2. The van der Waals surface area contributed by atoms with Gasteiger partial charge in [0.15, 0.2) is 11.5 Å². The number of anilines is 1. The van der Waals surface area contributed by atoms with Crippen molar-refractivity contribution in [3.8, 4) is 28.7 Å². The quantitative estimate of drug-likeness (QED) is 0.241. The van der Waals surface area contributed by atoms with Crippen molar-refractivity contribution in [2.24, 2.45) is 5.41 Å². The molecular weight excluding hydrogens is 560 g/mol. The van der Waals surface area contributed by atoms with Crippen molar-refractivity contribution in [3.63, 3.8) is 0 Å². The zero-order valence-electron chi connectivity index (χ0n) is 24.8. The third-order valence-corrected chi connectivity index (χ3v) is 8.05. The highest BCUT2D eigenvalue weighted by atomic mass is 16.5. The number of hydrogen-bond donors (Lipinski definition) is 2. The number of hydrogen-bond acceptors (Lipinski definition) is 8. The fourth-order valence-electron chi connectivity index (χ4n) is 5.54. The van der Waals surface area contributed by atoms with Crippen LogP contribution in [0.3, 0.4) is 0 Å². The molecule has 1 atom stereocenters. The summed E-state index contributed by atoms with van der Waals surface area (Å²) in [6.07, 6.45) is 3.57. The molecule has 5 aromatic rings. The Kier molecular flexibility index (Phi) is 7.52. The Hall–Kier alpha value is -5.22. The zero-order chi connectivity index (χ0) is 31.0. The number of fused-ring (bicyclic) bond motifs is 2. The monoisotopic (exact) mass is 592 g/mol. The summed E-state index contributed by atoms with van der Waals surface area (Å²) in [4.78, 5) is 36.0. The number of aromatic nitrogens is 3. The number of ether oxygens (including phenoxy) is 3. The second kappa shape index (κ2) is 11.5. The van der Waals surface area contributed by atoms with E-state index in [1.54, 1.807) is 50.7 Å². The van der Waals surface area contributed by atoms with Gasteiger partial charge in [0.05, 0.1) is 32.0 Å². The third-order valence-electron chi connectivity index (χ3n) is 8.05. The van der Waals surface area contributed by atoms with E-state index < -0.39 is 23.0 Å². The van der Waals surface area contributed by atoms with E-state index in [0.29, 0.717) is 58.3 Å². The van der Waals surface area contributed by atoms with Crippen LogP contribution in [0, 0.1) is 5.41 Å². The van der Waals surface area contributed by atoms with Crippen molar-refractivity contribution < 1.29 is 24.1 Å². The van der Waals surface area contributed by atoms with Gasteiger partial charge in [-0.2, -0.15) is 0 Å². The number of aliphatic hydroxyl groups is 1. The van der Waals surface area contributed by atoms with Crippen molar-refractivity contribution in [2.75, 3.05) is 19.5 Å². The number of nitrogens with zero attached hydrogens (tertiary/aromatic N) is 3. The molecular formula is C34H32N4O6. The van der Waals surface area contributed by atoms with Crippen LogP contribution >= 0.6 is 0 Å². The summed E-state index contributed by atoms with van der Waals surface area (Å²) in [6.45, 7) is 3.96. The number of carbonyl (C=O) groups is 1. The summed E-state index contributed by atoms with van der Waals surface area (Å²) in [5.74, 6) is 1.66. The van der Waals surface area contributed by atoms with Crippen LogP contribution in [0.15, 0.2) is 83.9 Å². The van der Waals surface area contributed by atoms with Crippen LogP contribution in [0.2, 0.25) is 0 Å². The van der Waals surface area contributed by atoms with Gasteiger partial charge in [0.1, 0.15) is 22.9 Å². The van der Waals surface area contributed by atoms with Gasteiger partial charge in [-0.05, 0) is 60.7 Å². The molecule has 1 amide bonds. The first kappa shape index (κ1) is 28.9. The first-order valence-electron chi connectivity index (χ1n) is 14.2. The van der Waals surface area contributed by atoms with E-state index in [9.17, 15) is 14.7 Å². The number of rotatable bonds is 7. The maximum Gasteiger partial charge on any atom is 0.268 e. The number of benzene rings is 2. The average molecular weight is 593 g/mol. The molecule has 10 heteroatoms. The predicted molar refractivity (Wildman–Crippen MR) is 166 cm³/mol. The van der Waals surface area contributed by atoms with E-state index in [1.165, 1.54) is 16.8 Å². The van der Waals surface area contributed by atoms with E-state index in [-0.39, 0.29) is 11.4 Å². The van der Waals surface area contributed by atoms with Gasteiger partial charge in [0.25, 0.3) is 11.5 Å². The lowest BCUT2D eigenvalue weighted by atomic mass is 9.73. The minimum absolute atomic E-state index is 0.0842. The Morgan fingerprint density at radius 2 is 1.73 bits per heavy atom. The lowest BCUT2D eigenvalue weighted by Crippen LogP contribution is -2.37. The molecule has 3 heterocycles. The standard InChI is InChI=1S/C34H32N4O6/c1-34(2)14-12-26-23(31(34)39)16-24(33(41)38(26)20-8-6-5-7-9-20)32(40)37-30-11-10-21(19-36-30)44-27-13-15-35-25-18-29(43-4)28(42-3)17-22(25)27/h5-11,13,15-19,31,39H,12,14H2,1-4H3,(H,36,37,40). The minimum atomic E-state index is -0.840. The second-order valence-electron chi connectivity index (χ2n) is 11.3. The molecule has 1 aliphatic rings. The van der Waals surface area contributed by atoms with Crippen LogP contribution < -0.4 is 25.1 Å². The van der Waals surface area contributed by atoms with Crippen LogP contribution in [0.1, 0.15) is 48.0 Å². The molecule has 0 saturated heterocycles. The van der Waals surface area contributed by atoms with Gasteiger partial charge in [-0.1, -0.05) is 32.0 Å². The molecule has 6 rings (SSSR count). The topological polar surface area (TPSA) is 125 Å². The zero-order valence-corrected chi connectivity index (χ0v) is 24.8. The summed E-state index contributed by atoms with van der Waals surface area (Å²) in [5, 5.41) is 14.7. The van der Waals surface area contributed by atoms with Gasteiger partial charge in [0, 0.05) is 34.6 Å². The highest BCUT2D eigenvalue weighted by Gasteiger charge is 2.37. The first-order valence-corrected chi connectivity index (χ1v) is 14.2. The summed E-state index contributed by atoms with van der Waals surface area (Å²) in [7, 11) is 3.12. The highest BCUT2D eigenvalue weighted by molar-refractivity contribution is 6.03. The predicted octanol–water partition coefficient (Wildman–Crippen LogP) is 5.85. The SMILES string of the molecule is COc1cc2nccc(Oc3ccc(NC(=O)c4cc5c(n(-c6ccccc6)c4=O)CCC(C)(C)C5O)nc3)c2cc1OC. The van der Waals surface area contributed by atoms with Crippen molar-refractivity contribution in [1.82, 2.24) is 14.5 Å². The smallest absolute Gasteiger partial charge is 0.268 e. The number of amides is 1. The van der Waals surface area contributed by atoms with E-state index in [2.05, 4.69) is 15.3 Å². The maximum atomic E-state index is 13.7. The van der Waals surface area contributed by atoms with Crippen LogP contribution in [0.25, 0.3) is 16.6 Å². The van der Waals surface area contributed by atoms with Crippen LogP contribution in [0.4, 0.5) is 5.82 Å². The molecule has 2 aromatic carbocycles. The fraction of sp³-hybridized carbons (Fsp3) is 0.235. The van der Waals surface area contributed by atoms with Gasteiger partial charge >= 0.3 is 0 Å². The van der Waals surface area contributed by atoms with Gasteiger partial charge in [-0.15, -0.1) is 0 Å². The molecule has 0 aliphatic heterocycles. The van der Waals surface area contributed by atoms with E-state index >= 15 is 0 Å². The Bertz CT molecular complexity index is 1920. The second-order valence-corrected chi connectivity index (χ2v) is 11.3. The van der Waals surface area contributed by atoms with Crippen molar-refractivity contribution >= 4 is 22.6 Å². The van der Waals surface area contributed by atoms with Gasteiger partial charge < -0.3 is 24.6 Å². The number of carbonyl (C=O) groups excluding carboxylic acids is 1. The molecule has 0 radical (unpaired) electrons. The van der Waals surface area contributed by atoms with Crippen LogP contribution in [-0.2, 0) is 6.42 Å². The summed E-state index contributed by atoms with van der Waals surface area (Å²) in [5.41, 5.74) is 1.63. The summed E-state index contributed by atoms with van der Waals surface area (Å²) >= 11 is 0. The minimum Gasteiger partial charge on any atom is -0.493 e. The molecule has 1 unspecified atom stereocenters. The largest absolute Gasteiger partial charge is 0.493 e. The van der Waals surface area contributed by atoms with Crippen LogP contribution in [-0.4, -0.2) is 39.8 Å². The van der Waals surface area contributed by atoms with E-state index in [1.807, 2.05) is 44.2 Å². The maximum absolute atomic E-state index is 13.7. The summed E-state index contributed by atoms with van der Waals surface area (Å²) in [6, 6.07) is 19.2. The Morgan fingerprint density at radius 1 is 0.977 bits per heavy atom. The molecule has 2 N–H and O–H groups in total. The Morgan fingerprint density at radius 3 is 2.43 bits per heavy atom. The van der Waals surface area contributed by atoms with Gasteiger partial charge in [0.2, 0.25) is 0 Å². The lowest BCUT2D eigenvalue weighted by molar-refractivity contribution is 0.0323. The molecule has 3 aromatic heterocycles. The normalized spacial score (nSPS) is 15.3. The summed E-state index contributed by atoms with van der Waals surface area (Å²) < 4.78 is 18.4. The van der Waals surface area contributed by atoms with Crippen molar-refractivity contribution in [2.45, 2.75) is 32.8 Å². The Labute approximate surface area is 253 Å². The number of methoxy groups -OCH3 is 2. The fourth-order valence-corrected chi connectivity index (χ4v) is 5.54. The lowest BCUT2D eigenvalue weighted by Gasteiger charge is -2.37. The van der Waals surface area contributed by atoms with Crippen LogP contribution in [0.5, 0.6) is 23.0 Å². The van der Waals surface area contributed by atoms with E-state index in [0.717, 1.165) is 5.39 Å². The van der Waals surface area contributed by atoms with Gasteiger partial charge in [-0.25, -0.2) is 4.98 Å². The highest BCUT2D eigenvalue weighted by Crippen LogP contribution is 2.43. The molecule has 1 aliphatic carbocycles. The number of para-hydroxylation sites is 1. The number of nitrogens with one attached hydrogen (secondary N) is 1. The Balaban J connectivity index is 1.29. The number of aliphatic hydroxyl groups excluding tert-OH is 1. The molecule has 0 saturated carbocycles. The number of pyridine rings is 3. The molecule has 0 spiro atoms. The molecule has 224 valence electrons.